The van der Waals surface area contributed by atoms with Crippen molar-refractivity contribution >= 4 is 28.4 Å². The number of nitrogens with one attached hydrogen (secondary N) is 3. The molecular formula is C20H23N5O4S. The van der Waals surface area contributed by atoms with E-state index in [2.05, 4.69) is 20.6 Å². The average Bonchev–Trinajstić information content (AvgIpc) is 3.20. The van der Waals surface area contributed by atoms with Crippen LogP contribution in [0.25, 0.3) is 11.3 Å². The molecule has 0 atom stereocenters. The zero-order chi connectivity index (χ0) is 21.9. The average molecular weight is 430 g/mol. The predicted molar refractivity (Wildman–Crippen MR) is 116 cm³/mol. The largest absolute Gasteiger partial charge is 0.496 e. The molecule has 0 spiro atoms. The first-order valence-electron chi connectivity index (χ1n) is 8.79. The van der Waals surface area contributed by atoms with Crippen molar-refractivity contribution in [3.8, 4) is 22.8 Å². The second-order valence-electron chi connectivity index (χ2n) is 5.79. The summed E-state index contributed by atoms with van der Waals surface area (Å²) < 4.78 is 10.7. The lowest BCUT2D eigenvalue weighted by Crippen LogP contribution is -2.29. The van der Waals surface area contributed by atoms with Crippen molar-refractivity contribution in [2.24, 2.45) is 0 Å². The first-order chi connectivity index (χ1) is 14.4. The molecule has 0 aliphatic carbocycles. The molecule has 1 aromatic carbocycles. The Kier molecular flexibility index (Phi) is 8.57. The highest BCUT2D eigenvalue weighted by atomic mass is 32.1. The summed E-state index contributed by atoms with van der Waals surface area (Å²) in [6.07, 6.45) is 3.48. The number of carbonyl (C=O) groups is 1. The van der Waals surface area contributed by atoms with E-state index in [1.807, 2.05) is 35.7 Å². The Labute approximate surface area is 178 Å². The highest BCUT2D eigenvalue weighted by Gasteiger charge is 2.11. The standard InChI is InChI=1S/C18H19N5O2S.C2H4O2/c1-24-15-6-3-7-16(25-2)13(15)10-21-17(19)23-18-22-14(11-26-18)12-5-4-8-20-9-12;1-2(3)4/h3-9,11H,10H2,1-2H3,(H3,19,21,22,23);1H3,(H,3,4). The molecule has 0 aliphatic heterocycles. The van der Waals surface area contributed by atoms with E-state index in [0.29, 0.717) is 23.2 Å². The lowest BCUT2D eigenvalue weighted by Gasteiger charge is -2.14. The van der Waals surface area contributed by atoms with Gasteiger partial charge in [0.1, 0.15) is 11.5 Å². The number of hydrogen-bond donors (Lipinski definition) is 4. The minimum Gasteiger partial charge on any atom is -0.496 e. The molecule has 158 valence electrons. The van der Waals surface area contributed by atoms with Crippen molar-refractivity contribution < 1.29 is 19.4 Å². The third-order valence-corrected chi connectivity index (χ3v) is 4.42. The van der Waals surface area contributed by atoms with Crippen LogP contribution in [0, 0.1) is 5.41 Å². The molecule has 4 N–H and O–H groups in total. The SMILES string of the molecule is CC(=O)O.COc1cccc(OC)c1CNC(=N)Nc1nc(-c2cccnc2)cs1. The maximum absolute atomic E-state index is 9.00. The predicted octanol–water partition coefficient (Wildman–Crippen LogP) is 3.45. The van der Waals surface area contributed by atoms with Crippen molar-refractivity contribution in [1.82, 2.24) is 15.3 Å². The van der Waals surface area contributed by atoms with Crippen molar-refractivity contribution in [2.75, 3.05) is 19.5 Å². The van der Waals surface area contributed by atoms with Crippen LogP contribution in [0.15, 0.2) is 48.1 Å². The van der Waals surface area contributed by atoms with Gasteiger partial charge in [0.05, 0.1) is 32.0 Å². The fourth-order valence-electron chi connectivity index (χ4n) is 2.41. The Hall–Kier alpha value is -3.66. The fraction of sp³-hybridized carbons (Fsp3) is 0.200. The number of anilines is 1. The summed E-state index contributed by atoms with van der Waals surface area (Å²) in [6, 6.07) is 9.39. The number of thiazole rings is 1. The number of guanidine groups is 1. The Morgan fingerprint density at radius 2 is 1.87 bits per heavy atom. The van der Waals surface area contributed by atoms with Crippen molar-refractivity contribution in [2.45, 2.75) is 13.5 Å². The Balaban J connectivity index is 0.000000735. The number of aliphatic carboxylic acids is 1. The van der Waals surface area contributed by atoms with Gasteiger partial charge in [-0.3, -0.25) is 15.2 Å². The summed E-state index contributed by atoms with van der Waals surface area (Å²) in [6.45, 7) is 1.47. The van der Waals surface area contributed by atoms with Crippen molar-refractivity contribution in [1.29, 1.82) is 5.41 Å². The van der Waals surface area contributed by atoms with Crippen LogP contribution in [0.4, 0.5) is 5.13 Å². The van der Waals surface area contributed by atoms with Gasteiger partial charge in [0, 0.05) is 30.3 Å². The van der Waals surface area contributed by atoms with E-state index < -0.39 is 5.97 Å². The van der Waals surface area contributed by atoms with Gasteiger partial charge in [0.15, 0.2) is 11.1 Å². The van der Waals surface area contributed by atoms with Gasteiger partial charge in [0.25, 0.3) is 5.97 Å². The van der Waals surface area contributed by atoms with Crippen LogP contribution < -0.4 is 20.1 Å². The fourth-order valence-corrected chi connectivity index (χ4v) is 3.13. The zero-order valence-electron chi connectivity index (χ0n) is 16.8. The molecular weight excluding hydrogens is 406 g/mol. The molecule has 9 nitrogen and oxygen atoms in total. The van der Waals surface area contributed by atoms with Crippen LogP contribution in [-0.2, 0) is 11.3 Å². The molecule has 0 aliphatic rings. The van der Waals surface area contributed by atoms with Gasteiger partial charge in [-0.05, 0) is 24.3 Å². The Morgan fingerprint density at radius 3 is 2.43 bits per heavy atom. The normalized spacial score (nSPS) is 9.70. The second-order valence-corrected chi connectivity index (χ2v) is 6.65. The summed E-state index contributed by atoms with van der Waals surface area (Å²) in [4.78, 5) is 17.6. The van der Waals surface area contributed by atoms with Crippen molar-refractivity contribution in [3.63, 3.8) is 0 Å². The number of rotatable bonds is 6. The summed E-state index contributed by atoms with van der Waals surface area (Å²) in [5.41, 5.74) is 2.61. The Bertz CT molecular complexity index is 952. The number of aromatic nitrogens is 2. The van der Waals surface area contributed by atoms with Crippen LogP contribution in [0.1, 0.15) is 12.5 Å². The lowest BCUT2D eigenvalue weighted by atomic mass is 10.1. The van der Waals surface area contributed by atoms with Crippen LogP contribution in [0.5, 0.6) is 11.5 Å². The second kappa shape index (κ2) is 11.4. The molecule has 0 saturated heterocycles. The summed E-state index contributed by atoms with van der Waals surface area (Å²) in [7, 11) is 3.22. The van der Waals surface area contributed by atoms with Gasteiger partial charge in [-0.2, -0.15) is 0 Å². The first kappa shape index (κ1) is 22.6. The van der Waals surface area contributed by atoms with Gasteiger partial charge in [0.2, 0.25) is 0 Å². The number of nitrogens with zero attached hydrogens (tertiary/aromatic N) is 2. The number of carboxylic acids is 1. The van der Waals surface area contributed by atoms with Crippen molar-refractivity contribution in [3.05, 3.63) is 53.7 Å². The molecule has 0 fully saturated rings. The molecule has 0 radical (unpaired) electrons. The minimum atomic E-state index is -0.833. The van der Waals surface area contributed by atoms with E-state index in [9.17, 15) is 0 Å². The molecule has 10 heteroatoms. The van der Waals surface area contributed by atoms with Crippen LogP contribution in [0.2, 0.25) is 0 Å². The number of carboxylic acid groups (broad SMARTS) is 1. The van der Waals surface area contributed by atoms with E-state index in [1.54, 1.807) is 26.6 Å². The van der Waals surface area contributed by atoms with Gasteiger partial charge >= 0.3 is 0 Å². The van der Waals surface area contributed by atoms with Crippen LogP contribution in [-0.4, -0.2) is 41.2 Å². The molecule has 30 heavy (non-hydrogen) atoms. The maximum Gasteiger partial charge on any atom is 0.300 e. The zero-order valence-corrected chi connectivity index (χ0v) is 17.6. The molecule has 0 saturated carbocycles. The maximum atomic E-state index is 9.00. The molecule has 3 aromatic rings. The minimum absolute atomic E-state index is 0.144. The summed E-state index contributed by atoms with van der Waals surface area (Å²) >= 11 is 1.43. The molecule has 0 bridgehead atoms. The van der Waals surface area contributed by atoms with E-state index >= 15 is 0 Å². The van der Waals surface area contributed by atoms with Crippen LogP contribution in [0.3, 0.4) is 0 Å². The third kappa shape index (κ3) is 6.74. The van der Waals surface area contributed by atoms with E-state index in [4.69, 9.17) is 24.8 Å². The van der Waals surface area contributed by atoms with Gasteiger partial charge in [-0.15, -0.1) is 11.3 Å². The number of benzene rings is 1. The highest BCUT2D eigenvalue weighted by molar-refractivity contribution is 7.14. The summed E-state index contributed by atoms with van der Waals surface area (Å²) in [5.74, 6) is 0.723. The molecule has 3 rings (SSSR count). The van der Waals surface area contributed by atoms with Crippen LogP contribution >= 0.6 is 11.3 Å². The number of pyridine rings is 1. The van der Waals surface area contributed by atoms with Gasteiger partial charge < -0.3 is 25.2 Å². The first-order valence-corrected chi connectivity index (χ1v) is 9.67. The van der Waals surface area contributed by atoms with E-state index in [1.165, 1.54) is 11.3 Å². The quantitative estimate of drug-likeness (QED) is 0.346. The lowest BCUT2D eigenvalue weighted by molar-refractivity contribution is -0.134. The molecule has 0 amide bonds. The number of hydrogen-bond acceptors (Lipinski definition) is 7. The summed E-state index contributed by atoms with van der Waals surface area (Å²) in [5, 5.41) is 24.0. The van der Waals surface area contributed by atoms with E-state index in [0.717, 1.165) is 23.7 Å². The molecule has 0 unspecified atom stereocenters. The highest BCUT2D eigenvalue weighted by Crippen LogP contribution is 2.28. The molecule has 2 aromatic heterocycles. The topological polar surface area (TPSA) is 129 Å². The number of ether oxygens (including phenoxy) is 2. The van der Waals surface area contributed by atoms with E-state index in [-0.39, 0.29) is 5.96 Å². The number of methoxy groups -OCH3 is 2. The Morgan fingerprint density at radius 1 is 1.20 bits per heavy atom. The monoisotopic (exact) mass is 429 g/mol. The smallest absolute Gasteiger partial charge is 0.300 e. The van der Waals surface area contributed by atoms with Gasteiger partial charge in [-0.1, -0.05) is 6.07 Å². The van der Waals surface area contributed by atoms with Gasteiger partial charge in [-0.25, -0.2) is 4.98 Å². The molecule has 2 heterocycles. The third-order valence-electron chi connectivity index (χ3n) is 3.67.